The summed E-state index contributed by atoms with van der Waals surface area (Å²) in [6, 6.07) is 0. The van der Waals surface area contributed by atoms with Gasteiger partial charge in [0.15, 0.2) is 0 Å². The third-order valence-electron chi connectivity index (χ3n) is 3.39. The second-order valence-corrected chi connectivity index (χ2v) is 3.95. The van der Waals surface area contributed by atoms with E-state index in [2.05, 4.69) is 4.74 Å². The maximum Gasteiger partial charge on any atom is 0.318 e. The summed E-state index contributed by atoms with van der Waals surface area (Å²) in [6.07, 6.45) is -0.122. The van der Waals surface area contributed by atoms with Crippen LogP contribution in [0.2, 0.25) is 0 Å². The number of ketones is 2. The summed E-state index contributed by atoms with van der Waals surface area (Å²) < 4.78 is 4.40. The van der Waals surface area contributed by atoms with E-state index in [1.807, 2.05) is 0 Å². The van der Waals surface area contributed by atoms with Gasteiger partial charge in [-0.25, -0.2) is 0 Å². The maximum atomic E-state index is 11.3. The van der Waals surface area contributed by atoms with Crippen LogP contribution in [0, 0.1) is 137 Å². The quantitative estimate of drug-likeness (QED) is 0.427. The van der Waals surface area contributed by atoms with Crippen LogP contribution in [0.5, 0.6) is 0 Å². The van der Waals surface area contributed by atoms with Gasteiger partial charge in [-0.2, -0.15) is 0 Å². The predicted octanol–water partition coefficient (Wildman–Crippen LogP) is -0.910. The Bertz CT molecular complexity index is 325. The van der Waals surface area contributed by atoms with Crippen LogP contribution in [0.1, 0.15) is 6.42 Å². The van der Waals surface area contributed by atoms with E-state index < -0.39 is 35.6 Å². The number of carbonyl (C=O) groups is 4. The van der Waals surface area contributed by atoms with Gasteiger partial charge in [-0.15, -0.1) is 0 Å². The molecule has 96 valence electrons. The zero-order valence-corrected chi connectivity index (χ0v) is 10.2. The minimum absolute atomic E-state index is 0. The van der Waals surface area contributed by atoms with E-state index in [1.165, 1.54) is 0 Å². The molecule has 5 nitrogen and oxygen atoms in total. The normalized spacial score (nSPS) is 36.7. The number of cyclic esters (lactones) is 2. The van der Waals surface area contributed by atoms with Gasteiger partial charge in [0.25, 0.3) is 0 Å². The van der Waals surface area contributed by atoms with Crippen molar-refractivity contribution in [3.63, 3.8) is 0 Å². The Balaban J connectivity index is 0.000000853. The number of carbonyl (C=O) groups excluding carboxylic acids is 4. The van der Waals surface area contributed by atoms with E-state index in [1.54, 1.807) is 0 Å². The molecule has 0 aromatic heterocycles. The minimum Gasteiger partial charge on any atom is -0.393 e. The Morgan fingerprint density at radius 1 is 0.706 bits per heavy atom. The third-order valence-corrected chi connectivity index (χ3v) is 3.39. The van der Waals surface area contributed by atoms with Crippen molar-refractivity contribution in [3.8, 4) is 0 Å². The number of rotatable bonds is 0. The molecule has 17 heavy (non-hydrogen) atoms. The molecule has 3 aliphatic rings. The van der Waals surface area contributed by atoms with Crippen molar-refractivity contribution in [3.05, 3.63) is 0 Å². The van der Waals surface area contributed by atoms with Gasteiger partial charge in [0, 0.05) is 125 Å². The van der Waals surface area contributed by atoms with Crippen LogP contribution in [-0.2, 0) is 23.9 Å². The van der Waals surface area contributed by atoms with Crippen LogP contribution in [0.4, 0.5) is 0 Å². The molecule has 1 saturated heterocycles. The predicted molar refractivity (Wildman–Crippen MR) is 39.7 cm³/mol. The van der Waals surface area contributed by atoms with Gasteiger partial charge in [0.1, 0.15) is 11.6 Å². The van der Waals surface area contributed by atoms with Gasteiger partial charge in [0.2, 0.25) is 0 Å². The summed E-state index contributed by atoms with van der Waals surface area (Å²) in [5.74, 6) is -4.15. The van der Waals surface area contributed by atoms with Crippen molar-refractivity contribution in [2.45, 2.75) is 6.42 Å². The van der Waals surface area contributed by atoms with Gasteiger partial charge in [-0.05, 0) is 0 Å². The molecule has 0 N–H and O–H groups in total. The van der Waals surface area contributed by atoms with Crippen LogP contribution in [0.3, 0.4) is 0 Å². The molecule has 0 spiro atoms. The minimum atomic E-state index is -0.661. The van der Waals surface area contributed by atoms with Gasteiger partial charge < -0.3 is 4.74 Å². The van der Waals surface area contributed by atoms with E-state index in [0.717, 1.165) is 0 Å². The molecule has 8 heteroatoms. The van der Waals surface area contributed by atoms with Crippen LogP contribution >= 0.6 is 0 Å². The fraction of sp³-hybridized carbons (Fsp3) is 0.556. The average Bonchev–Trinajstić information content (AvgIpc) is 2.31. The zero-order chi connectivity index (χ0) is 10.0. The standard InChI is InChI=1S/C9H6O5.3Ar/c10-2-1-3(11)5-4(2)6-7(5)9(13)14-8(6)12;;;/h4-7H,1H2;;;. The molecule has 2 saturated carbocycles. The Hall–Kier alpha value is 2.26. The first-order chi connectivity index (χ1) is 6.61. The van der Waals surface area contributed by atoms with Crippen LogP contribution in [-0.4, -0.2) is 23.5 Å². The van der Waals surface area contributed by atoms with E-state index in [9.17, 15) is 19.2 Å². The van der Waals surface area contributed by atoms with E-state index >= 15 is 0 Å². The first kappa shape index (κ1) is 19.3. The molecular formula is C9H6Ar3O5. The van der Waals surface area contributed by atoms with E-state index in [4.69, 9.17) is 0 Å². The molecule has 0 amide bonds. The van der Waals surface area contributed by atoms with Crippen molar-refractivity contribution in [2.75, 3.05) is 0 Å². The summed E-state index contributed by atoms with van der Waals surface area (Å²) in [6.45, 7) is 0. The SMILES string of the molecule is O=C1CC(=O)C2C1C1C(=O)OC(=O)C21.[Ar].[Ar].[Ar]. The van der Waals surface area contributed by atoms with Crippen molar-refractivity contribution in [1.29, 1.82) is 0 Å². The number of esters is 2. The smallest absolute Gasteiger partial charge is 0.318 e. The largest absolute Gasteiger partial charge is 0.393 e. The molecule has 1 aliphatic heterocycles. The molecule has 4 unspecified atom stereocenters. The van der Waals surface area contributed by atoms with E-state index in [-0.39, 0.29) is 131 Å². The Morgan fingerprint density at radius 3 is 1.41 bits per heavy atom. The maximum absolute atomic E-state index is 11.3. The fourth-order valence-electron chi connectivity index (χ4n) is 2.78. The van der Waals surface area contributed by atoms with Crippen molar-refractivity contribution >= 4 is 23.5 Å². The summed E-state index contributed by atoms with van der Waals surface area (Å²) in [4.78, 5) is 44.9. The molecule has 0 radical (unpaired) electrons. The summed E-state index contributed by atoms with van der Waals surface area (Å²) in [7, 11) is 0. The number of ether oxygens (including phenoxy) is 1. The Labute approximate surface area is 187 Å². The van der Waals surface area contributed by atoms with Crippen molar-refractivity contribution in [1.82, 2.24) is 0 Å². The topological polar surface area (TPSA) is 77.5 Å². The van der Waals surface area contributed by atoms with Gasteiger partial charge in [-0.3, -0.25) is 19.2 Å². The summed E-state index contributed by atoms with van der Waals surface area (Å²) in [5.41, 5.74) is 0. The second-order valence-electron chi connectivity index (χ2n) is 3.95. The third kappa shape index (κ3) is 2.70. The Morgan fingerprint density at radius 2 is 1.06 bits per heavy atom. The molecule has 4 atom stereocenters. The first-order valence-corrected chi connectivity index (χ1v) is 4.42. The van der Waals surface area contributed by atoms with Crippen LogP contribution in [0.25, 0.3) is 0 Å². The molecule has 0 aromatic rings. The van der Waals surface area contributed by atoms with Gasteiger partial charge in [0.05, 0.1) is 18.3 Å². The average molecular weight is 314 g/mol. The van der Waals surface area contributed by atoms with Crippen LogP contribution < -0.4 is 0 Å². The summed E-state index contributed by atoms with van der Waals surface area (Å²) in [5, 5.41) is 0. The van der Waals surface area contributed by atoms with E-state index in [0.29, 0.717) is 0 Å². The summed E-state index contributed by atoms with van der Waals surface area (Å²) >= 11 is 0. The second kappa shape index (κ2) is 6.81. The van der Waals surface area contributed by atoms with Gasteiger partial charge >= 0.3 is 11.9 Å². The molecular weight excluding hydrogens is 308 g/mol. The van der Waals surface area contributed by atoms with Gasteiger partial charge in [-0.1, -0.05) is 0 Å². The molecule has 3 rings (SSSR count). The first-order valence-electron chi connectivity index (χ1n) is 4.42. The zero-order valence-electron chi connectivity index (χ0n) is 8.12. The number of Topliss-reactive ketones (excluding diaryl/α,β-unsaturated/α-hetero) is 2. The van der Waals surface area contributed by atoms with Crippen molar-refractivity contribution < 1.29 is 137 Å². The number of fused-ring (bicyclic) bond motifs is 4. The number of hydrogen-bond donors (Lipinski definition) is 0. The number of hydrogen-bond acceptors (Lipinski definition) is 5. The molecule has 0 bridgehead atoms. The molecule has 2 aliphatic carbocycles. The molecule has 1 heterocycles. The molecule has 0 aromatic carbocycles. The molecule has 3 fully saturated rings. The Kier molecular flexibility index (Phi) is 7.72. The fourth-order valence-corrected chi connectivity index (χ4v) is 2.78. The monoisotopic (exact) mass is 314 g/mol. The van der Waals surface area contributed by atoms with Crippen molar-refractivity contribution in [2.24, 2.45) is 23.7 Å². The van der Waals surface area contributed by atoms with Crippen LogP contribution in [0.15, 0.2) is 0 Å².